The Morgan fingerprint density at radius 2 is 1.84 bits per heavy atom. The second kappa shape index (κ2) is 9.91. The van der Waals surface area contributed by atoms with Crippen molar-refractivity contribution in [2.24, 2.45) is 0 Å². The van der Waals surface area contributed by atoms with Crippen LogP contribution in [-0.4, -0.2) is 19.5 Å². The Morgan fingerprint density at radius 3 is 2.52 bits per heavy atom. The van der Waals surface area contributed by atoms with E-state index in [0.29, 0.717) is 34.1 Å². The van der Waals surface area contributed by atoms with Crippen LogP contribution in [0, 0.1) is 6.92 Å². The lowest BCUT2D eigenvalue weighted by atomic mass is 10.2. The number of aryl methyl sites for hydroxylation is 1. The number of hydrogen-bond donors (Lipinski definition) is 2. The molecule has 0 saturated carbocycles. The van der Waals surface area contributed by atoms with Crippen molar-refractivity contribution in [2.45, 2.75) is 31.7 Å². The minimum atomic E-state index is -3.69. The van der Waals surface area contributed by atoms with Gasteiger partial charge in [-0.1, -0.05) is 60.1 Å². The zero-order valence-corrected chi connectivity index (χ0v) is 18.6. The molecule has 0 atom stereocenters. The van der Waals surface area contributed by atoms with Gasteiger partial charge in [-0.15, -0.1) is 0 Å². The van der Waals surface area contributed by atoms with Gasteiger partial charge in [0.15, 0.2) is 5.76 Å². The van der Waals surface area contributed by atoms with Gasteiger partial charge in [0.25, 0.3) is 0 Å². The number of halogens is 1. The van der Waals surface area contributed by atoms with Gasteiger partial charge in [0, 0.05) is 18.0 Å². The van der Waals surface area contributed by atoms with E-state index in [1.54, 1.807) is 62.4 Å². The highest BCUT2D eigenvalue weighted by Gasteiger charge is 2.15. The van der Waals surface area contributed by atoms with E-state index in [1.165, 1.54) is 12.1 Å². The molecule has 0 spiro atoms. The predicted octanol–water partition coefficient (Wildman–Crippen LogP) is 4.63. The minimum absolute atomic E-state index is 0.0980. The number of carbonyl (C=O) groups is 1. The molecular formula is C22H22ClN3O4S. The topological polar surface area (TPSA) is 101 Å². The van der Waals surface area contributed by atoms with E-state index in [0.717, 1.165) is 5.56 Å². The monoisotopic (exact) mass is 459 g/mol. The highest BCUT2D eigenvalue weighted by Crippen LogP contribution is 2.23. The lowest BCUT2D eigenvalue weighted by molar-refractivity contribution is -0.115. The maximum Gasteiger partial charge on any atom is 0.240 e. The number of carbonyl (C=O) groups excluding carboxylic acids is 1. The summed E-state index contributed by atoms with van der Waals surface area (Å²) >= 11 is 6.08. The van der Waals surface area contributed by atoms with E-state index in [9.17, 15) is 13.2 Å². The summed E-state index contributed by atoms with van der Waals surface area (Å²) in [7, 11) is -3.69. The zero-order chi connectivity index (χ0) is 22.4. The van der Waals surface area contributed by atoms with Gasteiger partial charge in [-0.25, -0.2) is 13.1 Å². The van der Waals surface area contributed by atoms with E-state index in [1.807, 2.05) is 0 Å². The lowest BCUT2D eigenvalue weighted by Gasteiger charge is -2.08. The molecule has 1 aromatic heterocycles. The summed E-state index contributed by atoms with van der Waals surface area (Å²) in [4.78, 5) is 11.8. The van der Waals surface area contributed by atoms with Gasteiger partial charge < -0.3 is 9.84 Å². The molecule has 0 radical (unpaired) electrons. The van der Waals surface area contributed by atoms with Crippen LogP contribution in [0.25, 0.3) is 12.2 Å². The van der Waals surface area contributed by atoms with Crippen LogP contribution in [0.15, 0.2) is 57.9 Å². The quantitative estimate of drug-likeness (QED) is 0.511. The fraction of sp³-hybridized carbons (Fsp3) is 0.182. The molecule has 7 nitrogen and oxygen atoms in total. The van der Waals surface area contributed by atoms with Crippen molar-refractivity contribution in [1.82, 2.24) is 9.88 Å². The molecule has 162 valence electrons. The molecule has 0 aliphatic heterocycles. The van der Waals surface area contributed by atoms with E-state index in [-0.39, 0.29) is 17.3 Å². The number of benzene rings is 2. The SMILES string of the molecule is CCC(=O)Nc1c(C)noc1C=Cc1ccc(S(=O)(=O)NCc2ccccc2Cl)cc1. The van der Waals surface area contributed by atoms with Crippen molar-refractivity contribution in [1.29, 1.82) is 0 Å². The maximum absolute atomic E-state index is 12.6. The highest BCUT2D eigenvalue weighted by atomic mass is 35.5. The van der Waals surface area contributed by atoms with Gasteiger partial charge in [-0.3, -0.25) is 4.79 Å². The van der Waals surface area contributed by atoms with Crippen LogP contribution in [0.2, 0.25) is 5.02 Å². The first kappa shape index (κ1) is 22.7. The number of nitrogens with one attached hydrogen (secondary N) is 2. The molecule has 1 amide bonds. The summed E-state index contributed by atoms with van der Waals surface area (Å²) in [5.41, 5.74) is 2.55. The molecule has 9 heteroatoms. The van der Waals surface area contributed by atoms with Gasteiger partial charge >= 0.3 is 0 Å². The molecule has 0 fully saturated rings. The lowest BCUT2D eigenvalue weighted by Crippen LogP contribution is -2.23. The average molecular weight is 460 g/mol. The summed E-state index contributed by atoms with van der Waals surface area (Å²) < 4.78 is 32.9. The molecule has 2 N–H and O–H groups in total. The standard InChI is InChI=1S/C22H22ClN3O4S/c1-3-21(27)25-22-15(2)26-30-20(22)13-10-16-8-11-18(12-9-16)31(28,29)24-14-17-6-4-5-7-19(17)23/h4-13,24H,3,14H2,1-2H3,(H,25,27). The molecule has 3 aromatic rings. The molecule has 2 aromatic carbocycles. The highest BCUT2D eigenvalue weighted by molar-refractivity contribution is 7.89. The number of nitrogens with zero attached hydrogens (tertiary/aromatic N) is 1. The first-order valence-corrected chi connectivity index (χ1v) is 11.4. The predicted molar refractivity (Wildman–Crippen MR) is 121 cm³/mol. The van der Waals surface area contributed by atoms with Crippen molar-refractivity contribution < 1.29 is 17.7 Å². The van der Waals surface area contributed by atoms with Crippen molar-refractivity contribution in [3.63, 3.8) is 0 Å². The summed E-state index contributed by atoms with van der Waals surface area (Å²) in [5.74, 6) is 0.275. The van der Waals surface area contributed by atoms with E-state index in [4.69, 9.17) is 16.1 Å². The van der Waals surface area contributed by atoms with Gasteiger partial charge in [-0.2, -0.15) is 0 Å². The Balaban J connectivity index is 1.70. The molecule has 0 bridgehead atoms. The van der Waals surface area contributed by atoms with Crippen LogP contribution in [0.4, 0.5) is 5.69 Å². The van der Waals surface area contributed by atoms with Gasteiger partial charge in [0.05, 0.1) is 4.90 Å². The van der Waals surface area contributed by atoms with Crippen LogP contribution in [0.1, 0.15) is 35.9 Å². The third-order valence-corrected chi connectivity index (χ3v) is 6.29. The van der Waals surface area contributed by atoms with E-state index in [2.05, 4.69) is 15.2 Å². The molecular weight excluding hydrogens is 438 g/mol. The largest absolute Gasteiger partial charge is 0.354 e. The molecule has 0 aliphatic carbocycles. The van der Waals surface area contributed by atoms with E-state index >= 15 is 0 Å². The van der Waals surface area contributed by atoms with Crippen LogP contribution in [-0.2, 0) is 21.4 Å². The number of hydrogen-bond acceptors (Lipinski definition) is 5. The number of amides is 1. The first-order valence-electron chi connectivity index (χ1n) is 9.57. The Hall–Kier alpha value is -2.94. The Labute approximate surface area is 186 Å². The number of aromatic nitrogens is 1. The second-order valence-electron chi connectivity index (χ2n) is 6.73. The fourth-order valence-corrected chi connectivity index (χ4v) is 3.92. The third kappa shape index (κ3) is 5.81. The molecule has 3 rings (SSSR count). The summed E-state index contributed by atoms with van der Waals surface area (Å²) in [6.45, 7) is 3.59. The van der Waals surface area contributed by atoms with Gasteiger partial charge in [-0.05, 0) is 42.3 Å². The fourth-order valence-electron chi connectivity index (χ4n) is 2.71. The molecule has 0 aliphatic rings. The zero-order valence-electron chi connectivity index (χ0n) is 17.1. The maximum atomic E-state index is 12.6. The van der Waals surface area contributed by atoms with Crippen LogP contribution in [0.3, 0.4) is 0 Å². The Morgan fingerprint density at radius 1 is 1.13 bits per heavy atom. The van der Waals surface area contributed by atoms with Crippen LogP contribution < -0.4 is 10.0 Å². The Kier molecular flexibility index (Phi) is 7.27. The van der Waals surface area contributed by atoms with Gasteiger partial charge in [0.2, 0.25) is 15.9 Å². The second-order valence-corrected chi connectivity index (χ2v) is 8.90. The van der Waals surface area contributed by atoms with Crippen molar-refractivity contribution in [3.8, 4) is 0 Å². The summed E-state index contributed by atoms with van der Waals surface area (Å²) in [6, 6.07) is 13.4. The first-order chi connectivity index (χ1) is 14.8. The summed E-state index contributed by atoms with van der Waals surface area (Å²) in [6.07, 6.45) is 3.76. The molecule has 0 saturated heterocycles. The van der Waals surface area contributed by atoms with Crippen LogP contribution >= 0.6 is 11.6 Å². The molecule has 0 unspecified atom stereocenters. The van der Waals surface area contributed by atoms with Gasteiger partial charge in [0.1, 0.15) is 11.4 Å². The van der Waals surface area contributed by atoms with Crippen molar-refractivity contribution in [3.05, 3.63) is 76.1 Å². The minimum Gasteiger partial charge on any atom is -0.354 e. The summed E-state index contributed by atoms with van der Waals surface area (Å²) in [5, 5.41) is 7.14. The molecule has 1 heterocycles. The number of sulfonamides is 1. The van der Waals surface area contributed by atoms with Crippen molar-refractivity contribution >= 4 is 45.4 Å². The van der Waals surface area contributed by atoms with Crippen LogP contribution in [0.5, 0.6) is 0 Å². The van der Waals surface area contributed by atoms with E-state index < -0.39 is 10.0 Å². The van der Waals surface area contributed by atoms with Crippen molar-refractivity contribution in [2.75, 3.05) is 5.32 Å². The Bertz CT molecular complexity index is 1200. The molecule has 31 heavy (non-hydrogen) atoms. The smallest absolute Gasteiger partial charge is 0.240 e. The average Bonchev–Trinajstić information content (AvgIpc) is 3.11. The number of rotatable bonds is 8. The number of anilines is 1. The normalized spacial score (nSPS) is 11.7. The third-order valence-electron chi connectivity index (χ3n) is 4.50.